The van der Waals surface area contributed by atoms with Gasteiger partial charge in [-0.1, -0.05) is 30.3 Å². The molecule has 126 valence electrons. The normalized spacial score (nSPS) is 13.7. The number of benzene rings is 2. The maximum absolute atomic E-state index is 12.6. The van der Waals surface area contributed by atoms with Crippen LogP contribution in [0.1, 0.15) is 21.5 Å². The molecule has 2 aromatic carbocycles. The lowest BCUT2D eigenvalue weighted by Gasteiger charge is -2.19. The molecular formula is C18H20N2O3S. The summed E-state index contributed by atoms with van der Waals surface area (Å²) < 4.78 is 24.9. The van der Waals surface area contributed by atoms with E-state index in [0.717, 1.165) is 11.1 Å². The molecule has 2 aromatic rings. The smallest absolute Gasteiger partial charge is 0.253 e. The van der Waals surface area contributed by atoms with Gasteiger partial charge in [0.1, 0.15) is 0 Å². The molecule has 0 aromatic heterocycles. The molecule has 0 unspecified atom stereocenters. The monoisotopic (exact) mass is 344 g/mol. The predicted octanol–water partition coefficient (Wildman–Crippen LogP) is 2.28. The van der Waals surface area contributed by atoms with E-state index in [1.165, 1.54) is 10.6 Å². The molecule has 3 rings (SSSR count). The highest BCUT2D eigenvalue weighted by Crippen LogP contribution is 2.31. The van der Waals surface area contributed by atoms with Crippen molar-refractivity contribution in [2.24, 2.45) is 0 Å². The van der Waals surface area contributed by atoms with Gasteiger partial charge >= 0.3 is 0 Å². The van der Waals surface area contributed by atoms with Gasteiger partial charge in [-0.15, -0.1) is 0 Å². The first-order chi connectivity index (χ1) is 11.4. The summed E-state index contributed by atoms with van der Waals surface area (Å²) in [6, 6.07) is 15.0. The topological polar surface area (TPSA) is 57.7 Å². The fraction of sp³-hybridized carbons (Fsp3) is 0.278. The van der Waals surface area contributed by atoms with Gasteiger partial charge < -0.3 is 4.90 Å². The van der Waals surface area contributed by atoms with Crippen molar-refractivity contribution in [3.63, 3.8) is 0 Å². The fourth-order valence-electron chi connectivity index (χ4n) is 3.00. The first kappa shape index (κ1) is 16.5. The molecule has 0 fully saturated rings. The van der Waals surface area contributed by atoms with Crippen LogP contribution in [0.2, 0.25) is 0 Å². The van der Waals surface area contributed by atoms with Crippen LogP contribution in [0.5, 0.6) is 0 Å². The Hall–Kier alpha value is -2.34. The van der Waals surface area contributed by atoms with E-state index in [9.17, 15) is 13.2 Å². The van der Waals surface area contributed by atoms with Crippen molar-refractivity contribution in [2.75, 3.05) is 24.2 Å². The van der Waals surface area contributed by atoms with E-state index < -0.39 is 10.0 Å². The van der Waals surface area contributed by atoms with Crippen molar-refractivity contribution in [3.05, 3.63) is 65.2 Å². The van der Waals surface area contributed by atoms with Crippen molar-refractivity contribution in [3.8, 4) is 0 Å². The number of hydrogen-bond donors (Lipinski definition) is 0. The standard InChI is InChI=1S/C18H20N2O3S/c1-19(13-14-6-4-3-5-7-14)18(21)16-8-9-17-15(12-16)10-11-20(17)24(2,22)23/h3-9,12H,10-11,13H2,1-2H3. The van der Waals surface area contributed by atoms with Crippen molar-refractivity contribution in [1.82, 2.24) is 4.90 Å². The van der Waals surface area contributed by atoms with Gasteiger partial charge in [0.05, 0.1) is 11.9 Å². The summed E-state index contributed by atoms with van der Waals surface area (Å²) in [5, 5.41) is 0. The number of nitrogens with zero attached hydrogens (tertiary/aromatic N) is 2. The highest BCUT2D eigenvalue weighted by Gasteiger charge is 2.27. The van der Waals surface area contributed by atoms with Crippen molar-refractivity contribution in [1.29, 1.82) is 0 Å². The van der Waals surface area contributed by atoms with Gasteiger partial charge in [0.25, 0.3) is 5.91 Å². The molecule has 0 N–H and O–H groups in total. The molecule has 0 saturated heterocycles. The lowest BCUT2D eigenvalue weighted by molar-refractivity contribution is 0.0785. The third kappa shape index (κ3) is 3.28. The van der Waals surface area contributed by atoms with Gasteiger partial charge in [-0.3, -0.25) is 9.10 Å². The Bertz CT molecular complexity index is 863. The third-order valence-corrected chi connectivity index (χ3v) is 5.37. The SMILES string of the molecule is CN(Cc1ccccc1)C(=O)c1ccc2c(c1)CCN2S(C)(=O)=O. The number of sulfonamides is 1. The van der Waals surface area contributed by atoms with E-state index in [2.05, 4.69) is 0 Å². The molecule has 0 bridgehead atoms. The van der Waals surface area contributed by atoms with Crippen LogP contribution in [0.15, 0.2) is 48.5 Å². The average molecular weight is 344 g/mol. The molecule has 24 heavy (non-hydrogen) atoms. The van der Waals surface area contributed by atoms with E-state index in [1.54, 1.807) is 24.1 Å². The third-order valence-electron chi connectivity index (χ3n) is 4.19. The Balaban J connectivity index is 1.80. The molecule has 1 heterocycles. The van der Waals surface area contributed by atoms with E-state index in [0.29, 0.717) is 30.8 Å². The zero-order valence-electron chi connectivity index (χ0n) is 13.8. The maximum atomic E-state index is 12.6. The van der Waals surface area contributed by atoms with E-state index in [4.69, 9.17) is 0 Å². The first-order valence-electron chi connectivity index (χ1n) is 7.76. The van der Waals surface area contributed by atoms with E-state index >= 15 is 0 Å². The second-order valence-electron chi connectivity index (χ2n) is 6.08. The number of amides is 1. The number of hydrogen-bond acceptors (Lipinski definition) is 3. The summed E-state index contributed by atoms with van der Waals surface area (Å²) in [7, 11) is -1.50. The van der Waals surface area contributed by atoms with Gasteiger partial charge in [-0.25, -0.2) is 8.42 Å². The minimum atomic E-state index is -3.27. The molecule has 0 aliphatic carbocycles. The van der Waals surface area contributed by atoms with E-state index in [1.807, 2.05) is 36.4 Å². The highest BCUT2D eigenvalue weighted by atomic mass is 32.2. The molecule has 6 heteroatoms. The van der Waals surface area contributed by atoms with Gasteiger partial charge in [0.15, 0.2) is 0 Å². The Morgan fingerprint density at radius 2 is 1.88 bits per heavy atom. The van der Waals surface area contributed by atoms with Crippen LogP contribution in [0.4, 0.5) is 5.69 Å². The van der Waals surface area contributed by atoms with Gasteiger partial charge in [-0.05, 0) is 35.7 Å². The van der Waals surface area contributed by atoms with Crippen molar-refractivity contribution in [2.45, 2.75) is 13.0 Å². The maximum Gasteiger partial charge on any atom is 0.253 e. The van der Waals surface area contributed by atoms with Gasteiger partial charge in [0.2, 0.25) is 10.0 Å². The summed E-state index contributed by atoms with van der Waals surface area (Å²) in [5.74, 6) is -0.0699. The van der Waals surface area contributed by atoms with Crippen LogP contribution in [0, 0.1) is 0 Å². The fourth-order valence-corrected chi connectivity index (χ4v) is 3.96. The predicted molar refractivity (Wildman–Crippen MR) is 94.6 cm³/mol. The first-order valence-corrected chi connectivity index (χ1v) is 9.61. The zero-order chi connectivity index (χ0) is 17.3. The molecule has 1 amide bonds. The van der Waals surface area contributed by atoms with Crippen LogP contribution in [0.25, 0.3) is 0 Å². The number of carbonyl (C=O) groups is 1. The summed E-state index contributed by atoms with van der Waals surface area (Å²) in [6.45, 7) is 0.970. The Labute approximate surface area is 142 Å². The molecular weight excluding hydrogens is 324 g/mol. The average Bonchev–Trinajstić information content (AvgIpc) is 2.98. The molecule has 0 spiro atoms. The van der Waals surface area contributed by atoms with Crippen LogP contribution in [0.3, 0.4) is 0 Å². The largest absolute Gasteiger partial charge is 0.337 e. The van der Waals surface area contributed by atoms with Crippen LogP contribution < -0.4 is 4.31 Å². The lowest BCUT2D eigenvalue weighted by atomic mass is 10.1. The number of rotatable bonds is 4. The molecule has 5 nitrogen and oxygen atoms in total. The van der Waals surface area contributed by atoms with Gasteiger partial charge in [0, 0.05) is 25.7 Å². The number of carbonyl (C=O) groups excluding carboxylic acids is 1. The molecule has 1 aliphatic rings. The Morgan fingerprint density at radius 3 is 2.54 bits per heavy atom. The van der Waals surface area contributed by atoms with Crippen LogP contribution in [-0.2, 0) is 23.0 Å². The van der Waals surface area contributed by atoms with Crippen molar-refractivity contribution < 1.29 is 13.2 Å². The second kappa shape index (κ2) is 6.28. The summed E-state index contributed by atoms with van der Waals surface area (Å²) in [5.41, 5.74) is 3.24. The Morgan fingerprint density at radius 1 is 1.17 bits per heavy atom. The van der Waals surface area contributed by atoms with E-state index in [-0.39, 0.29) is 5.91 Å². The van der Waals surface area contributed by atoms with Crippen LogP contribution >= 0.6 is 0 Å². The summed E-state index contributed by atoms with van der Waals surface area (Å²) >= 11 is 0. The molecule has 0 radical (unpaired) electrons. The lowest BCUT2D eigenvalue weighted by Crippen LogP contribution is -2.27. The molecule has 1 aliphatic heterocycles. The minimum Gasteiger partial charge on any atom is -0.337 e. The Kier molecular flexibility index (Phi) is 4.32. The summed E-state index contributed by atoms with van der Waals surface area (Å²) in [6.07, 6.45) is 1.83. The number of anilines is 1. The molecule has 0 atom stereocenters. The molecule has 0 saturated carbocycles. The highest BCUT2D eigenvalue weighted by molar-refractivity contribution is 7.92. The quantitative estimate of drug-likeness (QED) is 0.855. The number of fused-ring (bicyclic) bond motifs is 1. The van der Waals surface area contributed by atoms with Crippen molar-refractivity contribution >= 4 is 21.6 Å². The summed E-state index contributed by atoms with van der Waals surface area (Å²) in [4.78, 5) is 14.3. The van der Waals surface area contributed by atoms with Gasteiger partial charge in [-0.2, -0.15) is 0 Å². The van der Waals surface area contributed by atoms with Crippen LogP contribution in [-0.4, -0.2) is 39.1 Å². The second-order valence-corrected chi connectivity index (χ2v) is 7.98. The zero-order valence-corrected chi connectivity index (χ0v) is 14.6. The minimum absolute atomic E-state index is 0.0699.